The summed E-state index contributed by atoms with van der Waals surface area (Å²) in [5, 5.41) is 4.63. The molecule has 1 aromatic carbocycles. The van der Waals surface area contributed by atoms with Gasteiger partial charge in [-0.15, -0.1) is 0 Å². The van der Waals surface area contributed by atoms with Gasteiger partial charge < -0.3 is 9.64 Å². The van der Waals surface area contributed by atoms with Crippen LogP contribution in [-0.2, 0) is 16.0 Å². The molecule has 5 nitrogen and oxygen atoms in total. The van der Waals surface area contributed by atoms with Gasteiger partial charge in [-0.3, -0.25) is 9.48 Å². The average molecular weight is 334 g/mol. The zero-order chi connectivity index (χ0) is 16.4. The minimum absolute atomic E-state index is 0.0172. The van der Waals surface area contributed by atoms with Crippen LogP contribution in [0.3, 0.4) is 0 Å². The van der Waals surface area contributed by atoms with Crippen molar-refractivity contribution in [3.63, 3.8) is 0 Å². The number of amides is 1. The van der Waals surface area contributed by atoms with Crippen molar-refractivity contribution in [3.05, 3.63) is 52.8 Å². The van der Waals surface area contributed by atoms with E-state index in [1.165, 1.54) is 17.3 Å². The summed E-state index contributed by atoms with van der Waals surface area (Å²) in [6.07, 6.45) is 4.03. The van der Waals surface area contributed by atoms with E-state index in [9.17, 15) is 4.79 Å². The highest BCUT2D eigenvalue weighted by atomic mass is 35.5. The maximum atomic E-state index is 12.6. The number of carbonyl (C=O) groups excluding carboxylic acids is 1. The molecular weight excluding hydrogens is 314 g/mol. The third-order valence-electron chi connectivity index (χ3n) is 4.23. The van der Waals surface area contributed by atoms with Crippen LogP contribution in [0.1, 0.15) is 30.2 Å². The first-order valence-electron chi connectivity index (χ1n) is 7.70. The highest BCUT2D eigenvalue weighted by Gasteiger charge is 2.26. The molecule has 0 radical (unpaired) electrons. The van der Waals surface area contributed by atoms with E-state index in [-0.39, 0.29) is 12.0 Å². The summed E-state index contributed by atoms with van der Waals surface area (Å²) in [5.74, 6) is -0.0172. The molecule has 122 valence electrons. The third kappa shape index (κ3) is 3.41. The molecule has 1 amide bonds. The van der Waals surface area contributed by atoms with Crippen LogP contribution in [-0.4, -0.2) is 40.8 Å². The van der Waals surface area contributed by atoms with Gasteiger partial charge in [-0.05, 0) is 24.5 Å². The third-order valence-corrected chi connectivity index (χ3v) is 4.43. The van der Waals surface area contributed by atoms with Crippen LogP contribution in [0.2, 0.25) is 5.02 Å². The lowest BCUT2D eigenvalue weighted by Crippen LogP contribution is -2.37. The van der Waals surface area contributed by atoms with Crippen molar-refractivity contribution < 1.29 is 9.53 Å². The Morgan fingerprint density at radius 1 is 1.52 bits per heavy atom. The van der Waals surface area contributed by atoms with Crippen LogP contribution in [0.25, 0.3) is 0 Å². The zero-order valence-electron chi connectivity index (χ0n) is 13.3. The number of benzene rings is 1. The van der Waals surface area contributed by atoms with E-state index >= 15 is 0 Å². The summed E-state index contributed by atoms with van der Waals surface area (Å²) in [7, 11) is 1.80. The molecule has 1 aliphatic rings. The molecule has 0 saturated carbocycles. The number of fused-ring (bicyclic) bond motifs is 1. The lowest BCUT2D eigenvalue weighted by atomic mass is 9.97. The second-order valence-electron chi connectivity index (χ2n) is 5.84. The van der Waals surface area contributed by atoms with Gasteiger partial charge in [0.05, 0.1) is 24.4 Å². The Hall–Kier alpha value is -1.85. The van der Waals surface area contributed by atoms with E-state index in [4.69, 9.17) is 16.3 Å². The summed E-state index contributed by atoms with van der Waals surface area (Å²) in [4.78, 5) is 14.3. The Balaban J connectivity index is 1.70. The summed E-state index contributed by atoms with van der Waals surface area (Å²) in [5.41, 5.74) is 2.48. The van der Waals surface area contributed by atoms with Crippen molar-refractivity contribution in [1.29, 1.82) is 0 Å². The molecule has 3 rings (SSSR count). The topological polar surface area (TPSA) is 47.4 Å². The van der Waals surface area contributed by atoms with E-state index in [2.05, 4.69) is 17.2 Å². The van der Waals surface area contributed by atoms with Crippen LogP contribution in [0.4, 0.5) is 0 Å². The minimum Gasteiger partial charge on any atom is -0.371 e. The largest absolute Gasteiger partial charge is 0.371 e. The van der Waals surface area contributed by atoms with Gasteiger partial charge in [0, 0.05) is 13.2 Å². The monoisotopic (exact) mass is 333 g/mol. The van der Waals surface area contributed by atoms with E-state index in [0.29, 0.717) is 18.2 Å². The Bertz CT molecular complexity index is 701. The van der Waals surface area contributed by atoms with Crippen molar-refractivity contribution in [2.45, 2.75) is 25.5 Å². The molecule has 0 unspecified atom stereocenters. The number of likely N-dealkylation sites (N-methyl/N-ethyl adjacent to an activating group) is 1. The predicted molar refractivity (Wildman–Crippen MR) is 88.4 cm³/mol. The van der Waals surface area contributed by atoms with E-state index in [1.807, 2.05) is 19.1 Å². The highest BCUT2D eigenvalue weighted by Crippen LogP contribution is 2.28. The number of carbonyl (C=O) groups is 1. The van der Waals surface area contributed by atoms with E-state index in [1.54, 1.807) is 22.8 Å². The van der Waals surface area contributed by atoms with Gasteiger partial charge in [0.1, 0.15) is 12.1 Å². The minimum atomic E-state index is -0.397. The number of hydrogen-bond donors (Lipinski definition) is 0. The zero-order valence-corrected chi connectivity index (χ0v) is 14.0. The molecule has 2 heterocycles. The summed E-state index contributed by atoms with van der Waals surface area (Å²) >= 11 is 5.87. The van der Waals surface area contributed by atoms with E-state index in [0.717, 1.165) is 6.42 Å². The number of nitrogens with zero attached hydrogens (tertiary/aromatic N) is 3. The van der Waals surface area contributed by atoms with Crippen molar-refractivity contribution in [3.8, 4) is 0 Å². The van der Waals surface area contributed by atoms with Crippen LogP contribution in [0.5, 0.6) is 0 Å². The number of rotatable bonds is 4. The molecule has 1 aromatic heterocycles. The fourth-order valence-electron chi connectivity index (χ4n) is 2.93. The first kappa shape index (κ1) is 16.0. The Morgan fingerprint density at radius 2 is 2.30 bits per heavy atom. The summed E-state index contributed by atoms with van der Waals surface area (Å²) in [6, 6.07) is 7.86. The molecule has 23 heavy (non-hydrogen) atoms. The summed E-state index contributed by atoms with van der Waals surface area (Å²) in [6.45, 7) is 3.03. The second kappa shape index (κ2) is 6.72. The molecule has 0 bridgehead atoms. The molecule has 6 heteroatoms. The molecule has 1 aliphatic heterocycles. The highest BCUT2D eigenvalue weighted by molar-refractivity contribution is 6.30. The molecule has 2 atom stereocenters. The molecule has 0 fully saturated rings. The Kier molecular flexibility index (Phi) is 4.68. The van der Waals surface area contributed by atoms with Crippen molar-refractivity contribution in [2.75, 3.05) is 20.2 Å². The quantitative estimate of drug-likeness (QED) is 0.864. The molecule has 2 aromatic rings. The van der Waals surface area contributed by atoms with Crippen LogP contribution < -0.4 is 0 Å². The fraction of sp³-hybridized carbons (Fsp3) is 0.412. The summed E-state index contributed by atoms with van der Waals surface area (Å²) < 4.78 is 7.46. The second-order valence-corrected chi connectivity index (χ2v) is 6.28. The van der Waals surface area contributed by atoms with Gasteiger partial charge in [-0.2, -0.15) is 5.10 Å². The number of ether oxygens (including phenoxy) is 1. The van der Waals surface area contributed by atoms with E-state index < -0.39 is 6.04 Å². The lowest BCUT2D eigenvalue weighted by Gasteiger charge is -2.30. The van der Waals surface area contributed by atoms with Gasteiger partial charge in [0.2, 0.25) is 5.91 Å². The number of halogens is 1. The SMILES string of the molecule is C[C@@H](C(=O)N(C)C[C@@H]1OCCc2ccccc21)n1cc(Cl)cn1. The Morgan fingerprint density at radius 3 is 3.04 bits per heavy atom. The first-order valence-corrected chi connectivity index (χ1v) is 8.08. The average Bonchev–Trinajstić information content (AvgIpc) is 3.00. The van der Waals surface area contributed by atoms with Crippen LogP contribution in [0, 0.1) is 0 Å². The predicted octanol–water partition coefficient (Wildman–Crippen LogP) is 2.87. The number of hydrogen-bond acceptors (Lipinski definition) is 3. The van der Waals surface area contributed by atoms with Crippen LogP contribution >= 0.6 is 11.6 Å². The molecule has 0 N–H and O–H groups in total. The van der Waals surface area contributed by atoms with Crippen molar-refractivity contribution >= 4 is 17.5 Å². The van der Waals surface area contributed by atoms with Gasteiger partial charge in [-0.1, -0.05) is 35.9 Å². The standard InChI is InChI=1S/C17H20ClN3O2/c1-12(21-10-14(18)9-19-21)17(22)20(2)11-16-15-6-4-3-5-13(15)7-8-23-16/h3-6,9-10,12,16H,7-8,11H2,1-2H3/t12-,16-/m0/s1. The molecule has 0 aliphatic carbocycles. The van der Waals surface area contributed by atoms with Crippen molar-refractivity contribution in [1.82, 2.24) is 14.7 Å². The molecule has 0 saturated heterocycles. The van der Waals surface area contributed by atoms with Gasteiger partial charge in [0.25, 0.3) is 0 Å². The van der Waals surface area contributed by atoms with Crippen molar-refractivity contribution in [2.24, 2.45) is 0 Å². The van der Waals surface area contributed by atoms with Gasteiger partial charge in [-0.25, -0.2) is 0 Å². The first-order chi connectivity index (χ1) is 11.1. The molecular formula is C17H20ClN3O2. The normalized spacial score (nSPS) is 18.3. The fourth-order valence-corrected chi connectivity index (χ4v) is 3.07. The van der Waals surface area contributed by atoms with Gasteiger partial charge in [0.15, 0.2) is 0 Å². The Labute approximate surface area is 140 Å². The van der Waals surface area contributed by atoms with Gasteiger partial charge >= 0.3 is 0 Å². The maximum Gasteiger partial charge on any atom is 0.246 e. The van der Waals surface area contributed by atoms with Crippen LogP contribution in [0.15, 0.2) is 36.7 Å². The smallest absolute Gasteiger partial charge is 0.246 e. The number of aromatic nitrogens is 2. The maximum absolute atomic E-state index is 12.6. The molecule has 0 spiro atoms. The lowest BCUT2D eigenvalue weighted by molar-refractivity contribution is -0.135.